The second-order valence-electron chi connectivity index (χ2n) is 7.15. The quantitative estimate of drug-likeness (QED) is 0.345. The molecule has 1 unspecified atom stereocenters. The highest BCUT2D eigenvalue weighted by atomic mass is 127. The van der Waals surface area contributed by atoms with Crippen LogP contribution in [0.1, 0.15) is 34.9 Å². The molecule has 2 aromatic rings. The first-order chi connectivity index (χ1) is 14.0. The number of thiazole rings is 1. The van der Waals surface area contributed by atoms with Crippen LogP contribution in [0.4, 0.5) is 0 Å². The van der Waals surface area contributed by atoms with Gasteiger partial charge in [-0.2, -0.15) is 0 Å². The van der Waals surface area contributed by atoms with E-state index >= 15 is 0 Å². The van der Waals surface area contributed by atoms with Gasteiger partial charge in [0, 0.05) is 39.7 Å². The van der Waals surface area contributed by atoms with Gasteiger partial charge in [0.15, 0.2) is 5.96 Å². The summed E-state index contributed by atoms with van der Waals surface area (Å²) in [5.74, 6) is 0.754. The number of benzene rings is 1. The Morgan fingerprint density at radius 1 is 1.40 bits per heavy atom. The SMILES string of the molecule is CN=C(NCC(=O)N1CCc2ccccc2C1)N(C)Cc1csc(C(C)OC)n1.I. The number of carbonyl (C=O) groups is 1. The molecule has 0 saturated carbocycles. The third kappa shape index (κ3) is 6.14. The predicted molar refractivity (Wildman–Crippen MR) is 131 cm³/mol. The zero-order valence-corrected chi connectivity index (χ0v) is 21.1. The molecule has 3 rings (SSSR count). The number of ether oxygens (including phenoxy) is 1. The average Bonchev–Trinajstić information content (AvgIpc) is 3.21. The Morgan fingerprint density at radius 3 is 2.83 bits per heavy atom. The van der Waals surface area contributed by atoms with Crippen LogP contribution in [0.5, 0.6) is 0 Å². The van der Waals surface area contributed by atoms with Crippen LogP contribution >= 0.6 is 35.3 Å². The lowest BCUT2D eigenvalue weighted by Crippen LogP contribution is -2.46. The summed E-state index contributed by atoms with van der Waals surface area (Å²) >= 11 is 1.59. The van der Waals surface area contributed by atoms with E-state index in [0.29, 0.717) is 19.0 Å². The highest BCUT2D eigenvalue weighted by Crippen LogP contribution is 2.21. The summed E-state index contributed by atoms with van der Waals surface area (Å²) in [5, 5.41) is 6.18. The second-order valence-corrected chi connectivity index (χ2v) is 8.04. The van der Waals surface area contributed by atoms with Gasteiger partial charge in [-0.05, 0) is 24.5 Å². The molecule has 1 amide bonds. The number of rotatable bonds is 6. The fourth-order valence-corrected chi connectivity index (χ4v) is 4.20. The van der Waals surface area contributed by atoms with E-state index in [9.17, 15) is 4.79 Å². The van der Waals surface area contributed by atoms with Crippen molar-refractivity contribution in [1.82, 2.24) is 20.1 Å². The number of nitrogens with one attached hydrogen (secondary N) is 1. The molecular formula is C21H30IN5O2S. The number of halogens is 1. The minimum Gasteiger partial charge on any atom is -0.375 e. The van der Waals surface area contributed by atoms with Crippen molar-refractivity contribution in [2.24, 2.45) is 4.99 Å². The van der Waals surface area contributed by atoms with Crippen molar-refractivity contribution < 1.29 is 9.53 Å². The number of aromatic nitrogens is 1. The normalized spacial score (nSPS) is 14.5. The van der Waals surface area contributed by atoms with Crippen molar-refractivity contribution in [2.75, 3.05) is 34.3 Å². The van der Waals surface area contributed by atoms with Crippen LogP contribution in [0.3, 0.4) is 0 Å². The minimum absolute atomic E-state index is 0. The zero-order valence-electron chi connectivity index (χ0n) is 17.9. The molecular weight excluding hydrogens is 513 g/mol. The van der Waals surface area contributed by atoms with Crippen LogP contribution in [-0.4, -0.2) is 60.9 Å². The van der Waals surface area contributed by atoms with Crippen molar-refractivity contribution in [3.05, 3.63) is 51.5 Å². The maximum absolute atomic E-state index is 12.7. The monoisotopic (exact) mass is 543 g/mol. The van der Waals surface area contributed by atoms with E-state index in [4.69, 9.17) is 4.74 Å². The Kier molecular flexibility index (Phi) is 9.50. The molecule has 1 aliphatic heterocycles. The van der Waals surface area contributed by atoms with Gasteiger partial charge < -0.3 is 19.9 Å². The number of amides is 1. The molecule has 0 saturated heterocycles. The first kappa shape index (κ1) is 24.5. The van der Waals surface area contributed by atoms with E-state index in [2.05, 4.69) is 33.5 Å². The summed E-state index contributed by atoms with van der Waals surface area (Å²) in [5.41, 5.74) is 3.53. The topological polar surface area (TPSA) is 70.1 Å². The van der Waals surface area contributed by atoms with Crippen LogP contribution < -0.4 is 5.32 Å². The van der Waals surface area contributed by atoms with Gasteiger partial charge in [0.1, 0.15) is 11.1 Å². The van der Waals surface area contributed by atoms with Gasteiger partial charge in [-0.15, -0.1) is 35.3 Å². The third-order valence-corrected chi connectivity index (χ3v) is 6.18. The van der Waals surface area contributed by atoms with Crippen molar-refractivity contribution in [1.29, 1.82) is 0 Å². The highest BCUT2D eigenvalue weighted by Gasteiger charge is 2.21. The smallest absolute Gasteiger partial charge is 0.242 e. The summed E-state index contributed by atoms with van der Waals surface area (Å²) in [6.45, 7) is 4.24. The molecule has 1 aliphatic rings. The molecule has 0 fully saturated rings. The Morgan fingerprint density at radius 2 is 2.13 bits per heavy atom. The number of methoxy groups -OCH3 is 1. The Balaban J connectivity index is 0.00000320. The van der Waals surface area contributed by atoms with E-state index in [-0.39, 0.29) is 42.5 Å². The number of hydrogen-bond donors (Lipinski definition) is 1. The van der Waals surface area contributed by atoms with Gasteiger partial charge in [0.05, 0.1) is 18.8 Å². The van der Waals surface area contributed by atoms with Crippen LogP contribution in [0.15, 0.2) is 34.6 Å². The van der Waals surface area contributed by atoms with Crippen LogP contribution in [0.2, 0.25) is 0 Å². The van der Waals surface area contributed by atoms with E-state index in [1.165, 1.54) is 11.1 Å². The van der Waals surface area contributed by atoms with Crippen LogP contribution in [0.25, 0.3) is 0 Å². The number of hydrogen-bond acceptors (Lipinski definition) is 5. The number of carbonyl (C=O) groups excluding carboxylic acids is 1. The van der Waals surface area contributed by atoms with Gasteiger partial charge in [-0.3, -0.25) is 9.79 Å². The zero-order chi connectivity index (χ0) is 20.8. The second kappa shape index (κ2) is 11.6. The minimum atomic E-state index is -0.0104. The van der Waals surface area contributed by atoms with Gasteiger partial charge >= 0.3 is 0 Å². The number of aliphatic imine (C=N–C) groups is 1. The van der Waals surface area contributed by atoms with Crippen molar-refractivity contribution in [3.8, 4) is 0 Å². The molecule has 0 bridgehead atoms. The molecule has 9 heteroatoms. The fourth-order valence-electron chi connectivity index (χ4n) is 3.36. The van der Waals surface area contributed by atoms with E-state index in [1.54, 1.807) is 25.5 Å². The molecule has 2 heterocycles. The Labute approximate surface area is 199 Å². The number of nitrogens with zero attached hydrogens (tertiary/aromatic N) is 4. The molecule has 0 spiro atoms. The lowest BCUT2D eigenvalue weighted by atomic mass is 10.00. The lowest BCUT2D eigenvalue weighted by molar-refractivity contribution is -0.130. The summed E-state index contributed by atoms with van der Waals surface area (Å²) in [6, 6.07) is 8.32. The van der Waals surface area contributed by atoms with E-state index in [1.807, 2.05) is 35.2 Å². The van der Waals surface area contributed by atoms with Crippen molar-refractivity contribution in [3.63, 3.8) is 0 Å². The molecule has 1 atom stereocenters. The van der Waals surface area contributed by atoms with Crippen molar-refractivity contribution >= 4 is 47.2 Å². The molecule has 1 aromatic heterocycles. The largest absolute Gasteiger partial charge is 0.375 e. The summed E-state index contributed by atoms with van der Waals surface area (Å²) in [4.78, 5) is 25.5. The Bertz CT molecular complexity index is 873. The van der Waals surface area contributed by atoms with E-state index < -0.39 is 0 Å². The van der Waals surface area contributed by atoms with E-state index in [0.717, 1.165) is 23.7 Å². The molecule has 30 heavy (non-hydrogen) atoms. The van der Waals surface area contributed by atoms with Crippen LogP contribution in [0, 0.1) is 0 Å². The van der Waals surface area contributed by atoms with Gasteiger partial charge in [-0.1, -0.05) is 24.3 Å². The first-order valence-electron chi connectivity index (χ1n) is 9.75. The fraction of sp³-hybridized carbons (Fsp3) is 0.476. The summed E-state index contributed by atoms with van der Waals surface area (Å²) in [6.07, 6.45) is 0.895. The first-order valence-corrected chi connectivity index (χ1v) is 10.6. The third-order valence-electron chi connectivity index (χ3n) is 5.12. The maximum atomic E-state index is 12.7. The standard InChI is InChI=1S/C21H29N5O2S.HI/c1-15(28-4)20-24-18(14-29-20)13-25(3)21(22-2)23-11-19(27)26-10-9-16-7-5-6-8-17(16)12-26;/h5-8,14-15H,9-13H2,1-4H3,(H,22,23);1H. The molecule has 0 radical (unpaired) electrons. The van der Waals surface area contributed by atoms with Gasteiger partial charge in [0.25, 0.3) is 0 Å². The number of fused-ring (bicyclic) bond motifs is 1. The van der Waals surface area contributed by atoms with Crippen molar-refractivity contribution in [2.45, 2.75) is 32.5 Å². The molecule has 1 N–H and O–H groups in total. The maximum Gasteiger partial charge on any atom is 0.242 e. The highest BCUT2D eigenvalue weighted by molar-refractivity contribution is 14.0. The lowest BCUT2D eigenvalue weighted by Gasteiger charge is -2.29. The number of guanidine groups is 1. The molecule has 7 nitrogen and oxygen atoms in total. The average molecular weight is 543 g/mol. The molecule has 1 aromatic carbocycles. The van der Waals surface area contributed by atoms with Gasteiger partial charge in [0.2, 0.25) is 5.91 Å². The summed E-state index contributed by atoms with van der Waals surface area (Å²) in [7, 11) is 5.34. The Hall–Kier alpha value is -1.72. The summed E-state index contributed by atoms with van der Waals surface area (Å²) < 4.78 is 5.32. The van der Waals surface area contributed by atoms with Gasteiger partial charge in [-0.25, -0.2) is 4.98 Å². The van der Waals surface area contributed by atoms with Crippen LogP contribution in [-0.2, 0) is 29.0 Å². The molecule has 0 aliphatic carbocycles. The molecule has 164 valence electrons. The predicted octanol–water partition coefficient (Wildman–Crippen LogP) is 3.06.